The van der Waals surface area contributed by atoms with E-state index in [1.807, 2.05) is 13.0 Å². The van der Waals surface area contributed by atoms with Crippen LogP contribution in [0.15, 0.2) is 18.2 Å². The second kappa shape index (κ2) is 6.93. The summed E-state index contributed by atoms with van der Waals surface area (Å²) >= 11 is 0. The Kier molecular flexibility index (Phi) is 5.54. The van der Waals surface area contributed by atoms with Crippen LogP contribution < -0.4 is 4.90 Å². The van der Waals surface area contributed by atoms with Gasteiger partial charge in [0.2, 0.25) is 0 Å². The first-order valence-electron chi connectivity index (χ1n) is 5.70. The number of hydrogen-bond acceptors (Lipinski definition) is 5. The van der Waals surface area contributed by atoms with Gasteiger partial charge in [0.15, 0.2) is 0 Å². The Hall–Kier alpha value is -1.66. The van der Waals surface area contributed by atoms with E-state index in [1.165, 1.54) is 6.07 Å². The number of aryl methyl sites for hydroxylation is 1. The van der Waals surface area contributed by atoms with Crippen molar-refractivity contribution in [1.29, 1.82) is 0 Å². The summed E-state index contributed by atoms with van der Waals surface area (Å²) in [6.07, 6.45) is 0. The Bertz CT molecular complexity index is 409. The smallest absolute Gasteiger partial charge is 0.292 e. The summed E-state index contributed by atoms with van der Waals surface area (Å²) < 4.78 is 4.97. The van der Waals surface area contributed by atoms with Crippen molar-refractivity contribution in [2.75, 3.05) is 38.3 Å². The molecule has 0 saturated carbocycles. The first kappa shape index (κ1) is 14.4. The molecule has 0 amide bonds. The van der Waals surface area contributed by atoms with Crippen molar-refractivity contribution < 1.29 is 14.8 Å². The first-order chi connectivity index (χ1) is 8.60. The summed E-state index contributed by atoms with van der Waals surface area (Å²) in [5.74, 6) is 0. The van der Waals surface area contributed by atoms with Crippen LogP contribution in [0.25, 0.3) is 0 Å². The van der Waals surface area contributed by atoms with Gasteiger partial charge < -0.3 is 14.7 Å². The second-order valence-electron chi connectivity index (χ2n) is 3.95. The average molecular weight is 254 g/mol. The van der Waals surface area contributed by atoms with Gasteiger partial charge in [0.05, 0.1) is 18.1 Å². The number of ether oxygens (including phenoxy) is 1. The fourth-order valence-corrected chi connectivity index (χ4v) is 1.72. The molecular weight excluding hydrogens is 236 g/mol. The van der Waals surface area contributed by atoms with Gasteiger partial charge in [-0.3, -0.25) is 10.1 Å². The summed E-state index contributed by atoms with van der Waals surface area (Å²) in [5.41, 5.74) is 1.40. The number of methoxy groups -OCH3 is 1. The molecule has 0 aliphatic carbocycles. The molecule has 6 heteroatoms. The molecule has 0 heterocycles. The average Bonchev–Trinajstić information content (AvgIpc) is 2.34. The molecule has 0 aliphatic heterocycles. The summed E-state index contributed by atoms with van der Waals surface area (Å²) in [6, 6.07) is 5.06. The van der Waals surface area contributed by atoms with E-state index in [9.17, 15) is 10.1 Å². The SMILES string of the molecule is COCCN(CCO)c1ccc(C)cc1[N+](=O)[O-]. The number of aliphatic hydroxyl groups excluding tert-OH is 1. The van der Waals surface area contributed by atoms with Crippen LogP contribution in [-0.2, 0) is 4.74 Å². The van der Waals surface area contributed by atoms with Crippen molar-refractivity contribution in [2.24, 2.45) is 0 Å². The van der Waals surface area contributed by atoms with E-state index in [4.69, 9.17) is 9.84 Å². The van der Waals surface area contributed by atoms with Gasteiger partial charge in [0.1, 0.15) is 5.69 Å². The zero-order valence-electron chi connectivity index (χ0n) is 10.6. The van der Waals surface area contributed by atoms with E-state index in [0.717, 1.165) is 5.56 Å². The number of anilines is 1. The number of aliphatic hydroxyl groups is 1. The molecule has 1 aromatic rings. The second-order valence-corrected chi connectivity index (χ2v) is 3.95. The highest BCUT2D eigenvalue weighted by atomic mass is 16.6. The molecule has 1 N–H and O–H groups in total. The minimum absolute atomic E-state index is 0.0551. The van der Waals surface area contributed by atoms with E-state index in [0.29, 0.717) is 25.4 Å². The Labute approximate surface area is 106 Å². The number of rotatable bonds is 7. The normalized spacial score (nSPS) is 10.4. The molecule has 0 atom stereocenters. The Morgan fingerprint density at radius 1 is 1.44 bits per heavy atom. The summed E-state index contributed by atoms with van der Waals surface area (Å²) in [5, 5.41) is 20.1. The predicted molar refractivity (Wildman–Crippen MR) is 69.0 cm³/mol. The molecule has 0 unspecified atom stereocenters. The molecule has 0 bridgehead atoms. The fraction of sp³-hybridized carbons (Fsp3) is 0.500. The maximum atomic E-state index is 11.0. The fourth-order valence-electron chi connectivity index (χ4n) is 1.72. The molecule has 18 heavy (non-hydrogen) atoms. The lowest BCUT2D eigenvalue weighted by Crippen LogP contribution is -2.30. The van der Waals surface area contributed by atoms with Gasteiger partial charge in [-0.1, -0.05) is 6.07 Å². The number of nitrogens with zero attached hydrogens (tertiary/aromatic N) is 2. The van der Waals surface area contributed by atoms with Crippen LogP contribution in [0.1, 0.15) is 5.56 Å². The van der Waals surface area contributed by atoms with Crippen LogP contribution in [0.5, 0.6) is 0 Å². The molecule has 100 valence electrons. The highest BCUT2D eigenvalue weighted by Gasteiger charge is 2.19. The van der Waals surface area contributed by atoms with Crippen molar-refractivity contribution in [3.05, 3.63) is 33.9 Å². The molecule has 1 rings (SSSR count). The number of hydrogen-bond donors (Lipinski definition) is 1. The molecule has 0 saturated heterocycles. The number of benzene rings is 1. The number of nitro benzene ring substituents is 1. The van der Waals surface area contributed by atoms with Gasteiger partial charge in [-0.15, -0.1) is 0 Å². The van der Waals surface area contributed by atoms with Gasteiger partial charge in [-0.05, 0) is 18.6 Å². The number of nitro groups is 1. The van der Waals surface area contributed by atoms with Crippen LogP contribution in [0.4, 0.5) is 11.4 Å². The van der Waals surface area contributed by atoms with E-state index in [-0.39, 0.29) is 12.3 Å². The predicted octanol–water partition coefficient (Wildman–Crippen LogP) is 1.35. The minimum atomic E-state index is -0.403. The third kappa shape index (κ3) is 3.68. The molecule has 1 aromatic carbocycles. The molecule has 0 radical (unpaired) electrons. The van der Waals surface area contributed by atoms with E-state index < -0.39 is 4.92 Å². The molecule has 0 fully saturated rings. The Morgan fingerprint density at radius 3 is 2.72 bits per heavy atom. The summed E-state index contributed by atoms with van der Waals surface area (Å²) in [4.78, 5) is 12.4. The molecular formula is C12H18N2O4. The van der Waals surface area contributed by atoms with Crippen molar-refractivity contribution in [2.45, 2.75) is 6.92 Å². The molecule has 0 aromatic heterocycles. The van der Waals surface area contributed by atoms with Crippen LogP contribution >= 0.6 is 0 Å². The van der Waals surface area contributed by atoms with Gasteiger partial charge in [-0.25, -0.2) is 0 Å². The maximum Gasteiger partial charge on any atom is 0.292 e. The lowest BCUT2D eigenvalue weighted by molar-refractivity contribution is -0.384. The zero-order chi connectivity index (χ0) is 13.5. The van der Waals surface area contributed by atoms with Gasteiger partial charge in [0, 0.05) is 26.3 Å². The van der Waals surface area contributed by atoms with Gasteiger partial charge in [0.25, 0.3) is 5.69 Å². The largest absolute Gasteiger partial charge is 0.395 e. The van der Waals surface area contributed by atoms with Crippen LogP contribution in [0, 0.1) is 17.0 Å². The minimum Gasteiger partial charge on any atom is -0.395 e. The summed E-state index contributed by atoms with van der Waals surface area (Å²) in [7, 11) is 1.57. The Morgan fingerprint density at radius 2 is 2.17 bits per heavy atom. The monoisotopic (exact) mass is 254 g/mol. The van der Waals surface area contributed by atoms with Crippen LogP contribution in [0.3, 0.4) is 0 Å². The lowest BCUT2D eigenvalue weighted by Gasteiger charge is -2.23. The van der Waals surface area contributed by atoms with Crippen molar-refractivity contribution in [3.8, 4) is 0 Å². The highest BCUT2D eigenvalue weighted by molar-refractivity contribution is 5.64. The third-order valence-corrected chi connectivity index (χ3v) is 2.60. The maximum absolute atomic E-state index is 11.0. The van der Waals surface area contributed by atoms with Gasteiger partial charge in [-0.2, -0.15) is 0 Å². The van der Waals surface area contributed by atoms with Gasteiger partial charge >= 0.3 is 0 Å². The molecule has 0 aliphatic rings. The molecule has 0 spiro atoms. The zero-order valence-corrected chi connectivity index (χ0v) is 10.6. The van der Waals surface area contributed by atoms with Crippen molar-refractivity contribution >= 4 is 11.4 Å². The third-order valence-electron chi connectivity index (χ3n) is 2.60. The van der Waals surface area contributed by atoms with Crippen LogP contribution in [-0.4, -0.2) is 43.4 Å². The summed E-state index contributed by atoms with van der Waals surface area (Å²) in [6.45, 7) is 3.04. The van der Waals surface area contributed by atoms with E-state index in [2.05, 4.69) is 0 Å². The quantitative estimate of drug-likeness (QED) is 0.587. The Balaban J connectivity index is 3.05. The van der Waals surface area contributed by atoms with Crippen molar-refractivity contribution in [1.82, 2.24) is 0 Å². The highest BCUT2D eigenvalue weighted by Crippen LogP contribution is 2.28. The topological polar surface area (TPSA) is 75.8 Å². The van der Waals surface area contributed by atoms with E-state index in [1.54, 1.807) is 18.1 Å². The standard InChI is InChI=1S/C12H18N2O4/c1-10-3-4-11(12(9-10)14(16)17)13(5-7-15)6-8-18-2/h3-4,9,15H,5-8H2,1-2H3. The lowest BCUT2D eigenvalue weighted by atomic mass is 10.1. The van der Waals surface area contributed by atoms with E-state index >= 15 is 0 Å². The van der Waals surface area contributed by atoms with Crippen LogP contribution in [0.2, 0.25) is 0 Å². The molecule has 6 nitrogen and oxygen atoms in total. The van der Waals surface area contributed by atoms with Crippen molar-refractivity contribution in [3.63, 3.8) is 0 Å². The first-order valence-corrected chi connectivity index (χ1v) is 5.70.